The summed E-state index contributed by atoms with van der Waals surface area (Å²) >= 11 is 0. The van der Waals surface area contributed by atoms with Gasteiger partial charge in [0.2, 0.25) is 0 Å². The Morgan fingerprint density at radius 3 is 2.70 bits per heavy atom. The molecule has 0 aliphatic carbocycles. The van der Waals surface area contributed by atoms with Crippen molar-refractivity contribution in [1.82, 2.24) is 24.7 Å². The number of aromatic nitrogens is 5. The summed E-state index contributed by atoms with van der Waals surface area (Å²) in [5, 5.41) is 4.40. The van der Waals surface area contributed by atoms with Crippen LogP contribution in [0.3, 0.4) is 0 Å². The highest BCUT2D eigenvalue weighted by Crippen LogP contribution is 2.35. The van der Waals surface area contributed by atoms with Crippen LogP contribution in [-0.2, 0) is 6.54 Å². The molecule has 0 N–H and O–H groups in total. The number of anilines is 2. The summed E-state index contributed by atoms with van der Waals surface area (Å²) < 4.78 is 7.96. The van der Waals surface area contributed by atoms with Gasteiger partial charge in [0.25, 0.3) is 0 Å². The number of hydrogen-bond acceptors (Lipinski definition) is 6. The van der Waals surface area contributed by atoms with Crippen LogP contribution < -0.4 is 9.64 Å². The van der Waals surface area contributed by atoms with Crippen molar-refractivity contribution < 1.29 is 4.74 Å². The quantitative estimate of drug-likeness (QED) is 0.555. The Hall–Kier alpha value is -3.48. The number of pyridine rings is 1. The van der Waals surface area contributed by atoms with Crippen LogP contribution >= 0.6 is 0 Å². The molecule has 7 heteroatoms. The number of aryl methyl sites for hydroxylation is 2. The summed E-state index contributed by atoms with van der Waals surface area (Å²) in [7, 11) is 0. The molecule has 7 nitrogen and oxygen atoms in total. The maximum absolute atomic E-state index is 5.99. The van der Waals surface area contributed by atoms with E-state index in [1.807, 2.05) is 36.7 Å². The zero-order valence-corrected chi connectivity index (χ0v) is 15.1. The lowest BCUT2D eigenvalue weighted by atomic mass is 10.1. The van der Waals surface area contributed by atoms with E-state index in [0.717, 1.165) is 58.4 Å². The summed E-state index contributed by atoms with van der Waals surface area (Å²) in [6.45, 7) is 5.61. The molecule has 0 spiro atoms. The van der Waals surface area contributed by atoms with Crippen molar-refractivity contribution in [2.24, 2.45) is 0 Å². The lowest BCUT2D eigenvalue weighted by molar-refractivity contribution is 0.476. The second-order valence-corrected chi connectivity index (χ2v) is 6.64. The molecule has 0 fully saturated rings. The van der Waals surface area contributed by atoms with E-state index in [1.54, 1.807) is 18.7 Å². The summed E-state index contributed by atoms with van der Waals surface area (Å²) in [4.78, 5) is 15.3. The fourth-order valence-electron chi connectivity index (χ4n) is 3.38. The van der Waals surface area contributed by atoms with Crippen molar-refractivity contribution in [3.63, 3.8) is 0 Å². The smallest absolute Gasteiger partial charge is 0.162 e. The normalized spacial score (nSPS) is 13.2. The Kier molecular flexibility index (Phi) is 3.53. The van der Waals surface area contributed by atoms with E-state index >= 15 is 0 Å². The maximum Gasteiger partial charge on any atom is 0.162 e. The van der Waals surface area contributed by atoms with Gasteiger partial charge in [-0.2, -0.15) is 5.10 Å². The van der Waals surface area contributed by atoms with E-state index < -0.39 is 0 Å². The molecule has 3 aromatic heterocycles. The van der Waals surface area contributed by atoms with Gasteiger partial charge in [0, 0.05) is 17.9 Å². The number of nitrogens with zero attached hydrogens (tertiary/aromatic N) is 6. The molecule has 5 rings (SSSR count). The van der Waals surface area contributed by atoms with Crippen LogP contribution in [0.2, 0.25) is 0 Å². The van der Waals surface area contributed by atoms with Crippen molar-refractivity contribution in [1.29, 1.82) is 0 Å². The van der Waals surface area contributed by atoms with E-state index in [1.165, 1.54) is 0 Å². The molecule has 4 heterocycles. The first-order valence-corrected chi connectivity index (χ1v) is 8.84. The van der Waals surface area contributed by atoms with Gasteiger partial charge in [0.05, 0.1) is 18.9 Å². The fourth-order valence-corrected chi connectivity index (χ4v) is 3.38. The minimum Gasteiger partial charge on any atom is -0.455 e. The Morgan fingerprint density at radius 1 is 0.963 bits per heavy atom. The third-order valence-corrected chi connectivity index (χ3v) is 4.78. The number of benzene rings is 1. The number of hydrogen-bond donors (Lipinski definition) is 0. The van der Waals surface area contributed by atoms with Crippen LogP contribution in [-0.4, -0.2) is 31.3 Å². The predicted molar refractivity (Wildman–Crippen MR) is 103 cm³/mol. The molecule has 1 aromatic carbocycles. The van der Waals surface area contributed by atoms with Crippen LogP contribution in [0.1, 0.15) is 11.3 Å². The monoisotopic (exact) mass is 358 g/mol. The van der Waals surface area contributed by atoms with Gasteiger partial charge < -0.3 is 9.64 Å². The second-order valence-electron chi connectivity index (χ2n) is 6.64. The van der Waals surface area contributed by atoms with Gasteiger partial charge in [-0.05, 0) is 49.7 Å². The highest BCUT2D eigenvalue weighted by molar-refractivity contribution is 5.89. The van der Waals surface area contributed by atoms with Crippen LogP contribution in [0.15, 0.2) is 49.1 Å². The van der Waals surface area contributed by atoms with Crippen LogP contribution in [0.5, 0.6) is 11.5 Å². The van der Waals surface area contributed by atoms with E-state index in [9.17, 15) is 0 Å². The van der Waals surface area contributed by atoms with Gasteiger partial charge in [-0.15, -0.1) is 0 Å². The van der Waals surface area contributed by atoms with E-state index in [4.69, 9.17) is 4.74 Å². The van der Waals surface area contributed by atoms with Gasteiger partial charge in [0.15, 0.2) is 5.82 Å². The van der Waals surface area contributed by atoms with Crippen molar-refractivity contribution in [2.45, 2.75) is 20.4 Å². The summed E-state index contributed by atoms with van der Waals surface area (Å²) in [5.41, 5.74) is 4.95. The minimum atomic E-state index is 0.732. The standard InChI is InChI=1S/C20H18N6O/c1-13-9-15(4-6-18(13)27-16-5-3-14(2)21-10-16)25-7-8-26-19-17(11-24-26)22-12-23-20(19)25/h3-6,9-12H,7-8H2,1-2H3. The number of ether oxygens (including phenoxy) is 1. The molecule has 27 heavy (non-hydrogen) atoms. The molecule has 0 amide bonds. The third kappa shape index (κ3) is 2.68. The highest BCUT2D eigenvalue weighted by Gasteiger charge is 2.23. The summed E-state index contributed by atoms with van der Waals surface area (Å²) in [6, 6.07) is 10.0. The van der Waals surface area contributed by atoms with Gasteiger partial charge in [0.1, 0.15) is 28.9 Å². The predicted octanol–water partition coefficient (Wildman–Crippen LogP) is 3.78. The molecule has 0 radical (unpaired) electrons. The second kappa shape index (κ2) is 6.05. The van der Waals surface area contributed by atoms with E-state index in [2.05, 4.69) is 37.1 Å². The molecule has 134 valence electrons. The molecule has 0 atom stereocenters. The van der Waals surface area contributed by atoms with Gasteiger partial charge in [-0.3, -0.25) is 9.67 Å². The lowest BCUT2D eigenvalue weighted by Crippen LogP contribution is -2.28. The first-order valence-electron chi connectivity index (χ1n) is 8.84. The first kappa shape index (κ1) is 15.7. The Morgan fingerprint density at radius 2 is 1.89 bits per heavy atom. The molecule has 1 aliphatic rings. The van der Waals surface area contributed by atoms with Crippen molar-refractivity contribution in [2.75, 3.05) is 11.4 Å². The Bertz CT molecular complexity index is 1140. The van der Waals surface area contributed by atoms with Gasteiger partial charge in [-0.25, -0.2) is 9.97 Å². The van der Waals surface area contributed by atoms with Crippen LogP contribution in [0.4, 0.5) is 11.5 Å². The molecule has 0 unspecified atom stereocenters. The zero-order valence-electron chi connectivity index (χ0n) is 15.1. The van der Waals surface area contributed by atoms with Gasteiger partial charge in [-0.1, -0.05) is 0 Å². The molecule has 0 saturated heterocycles. The summed E-state index contributed by atoms with van der Waals surface area (Å²) in [6.07, 6.45) is 5.13. The lowest BCUT2D eigenvalue weighted by Gasteiger charge is -2.29. The summed E-state index contributed by atoms with van der Waals surface area (Å²) in [5.74, 6) is 2.44. The van der Waals surface area contributed by atoms with Crippen LogP contribution in [0.25, 0.3) is 11.0 Å². The van der Waals surface area contributed by atoms with Crippen molar-refractivity contribution in [3.05, 3.63) is 60.3 Å². The highest BCUT2D eigenvalue weighted by atomic mass is 16.5. The molecule has 0 bridgehead atoms. The van der Waals surface area contributed by atoms with Gasteiger partial charge >= 0.3 is 0 Å². The maximum atomic E-state index is 5.99. The molecular formula is C20H18N6O. The van der Waals surface area contributed by atoms with Crippen LogP contribution in [0, 0.1) is 13.8 Å². The van der Waals surface area contributed by atoms with Crippen molar-refractivity contribution >= 4 is 22.5 Å². The van der Waals surface area contributed by atoms with Crippen molar-refractivity contribution in [3.8, 4) is 11.5 Å². The third-order valence-electron chi connectivity index (χ3n) is 4.78. The average molecular weight is 358 g/mol. The average Bonchev–Trinajstić information content (AvgIpc) is 3.11. The molecular weight excluding hydrogens is 340 g/mol. The first-order chi connectivity index (χ1) is 13.2. The Labute approximate surface area is 156 Å². The van der Waals surface area contributed by atoms with E-state index in [-0.39, 0.29) is 0 Å². The topological polar surface area (TPSA) is 69.0 Å². The fraction of sp³-hybridized carbons (Fsp3) is 0.200. The SMILES string of the molecule is Cc1ccc(Oc2ccc(N3CCn4ncc5ncnc3c54)cc2C)cn1. The largest absolute Gasteiger partial charge is 0.455 e. The Balaban J connectivity index is 1.49. The zero-order chi connectivity index (χ0) is 18.4. The van der Waals surface area contributed by atoms with E-state index in [0.29, 0.717) is 0 Å². The molecule has 4 aromatic rings. The number of rotatable bonds is 3. The molecule has 0 saturated carbocycles. The minimum absolute atomic E-state index is 0.732. The molecule has 1 aliphatic heterocycles.